The average molecular weight is 268 g/mol. The van der Waals surface area contributed by atoms with Crippen molar-refractivity contribution in [3.8, 4) is 5.75 Å². The van der Waals surface area contributed by atoms with Gasteiger partial charge in [-0.2, -0.15) is 0 Å². The lowest BCUT2D eigenvalue weighted by Gasteiger charge is -2.28. The van der Waals surface area contributed by atoms with E-state index in [9.17, 15) is 9.90 Å². The fourth-order valence-corrected chi connectivity index (χ4v) is 2.76. The predicted molar refractivity (Wildman–Crippen MR) is 76.3 cm³/mol. The van der Waals surface area contributed by atoms with Crippen LogP contribution >= 0.6 is 0 Å². The highest BCUT2D eigenvalue weighted by Gasteiger charge is 2.25. The van der Waals surface area contributed by atoms with Crippen molar-refractivity contribution in [1.29, 1.82) is 0 Å². The summed E-state index contributed by atoms with van der Waals surface area (Å²) < 4.78 is 6.08. The van der Waals surface area contributed by atoms with Gasteiger partial charge in [-0.1, -0.05) is 36.4 Å². The minimum absolute atomic E-state index is 0.184. The number of carbonyl (C=O) groups is 1. The van der Waals surface area contributed by atoms with Gasteiger partial charge in [-0.15, -0.1) is 0 Å². The number of ether oxygens (including phenoxy) is 1. The standard InChI is InChI=1S/C17H16O3/c1-11-5-4-6-12-9-10-15(20-16(11)12)13-7-2-3-8-14(13)17(18)19/h2-8,15H,9-10H2,1H3,(H,18,19). The van der Waals surface area contributed by atoms with Crippen molar-refractivity contribution in [2.24, 2.45) is 0 Å². The molecular weight excluding hydrogens is 252 g/mol. The van der Waals surface area contributed by atoms with Crippen molar-refractivity contribution in [2.45, 2.75) is 25.9 Å². The van der Waals surface area contributed by atoms with Crippen molar-refractivity contribution < 1.29 is 14.6 Å². The summed E-state index contributed by atoms with van der Waals surface area (Å²) in [4.78, 5) is 11.3. The van der Waals surface area contributed by atoms with E-state index in [0.29, 0.717) is 5.56 Å². The van der Waals surface area contributed by atoms with Gasteiger partial charge in [0.25, 0.3) is 0 Å². The molecule has 0 fully saturated rings. The molecule has 0 radical (unpaired) electrons. The predicted octanol–water partition coefficient (Wildman–Crippen LogP) is 3.76. The quantitative estimate of drug-likeness (QED) is 0.902. The Labute approximate surface area is 117 Å². The van der Waals surface area contributed by atoms with Crippen LogP contribution in [0.5, 0.6) is 5.75 Å². The fourth-order valence-electron chi connectivity index (χ4n) is 2.76. The van der Waals surface area contributed by atoms with Crippen LogP contribution < -0.4 is 4.74 Å². The molecule has 0 amide bonds. The largest absolute Gasteiger partial charge is 0.485 e. The van der Waals surface area contributed by atoms with Gasteiger partial charge in [0, 0.05) is 5.56 Å². The van der Waals surface area contributed by atoms with E-state index in [0.717, 1.165) is 29.7 Å². The van der Waals surface area contributed by atoms with Gasteiger partial charge in [0.15, 0.2) is 0 Å². The minimum atomic E-state index is -0.903. The summed E-state index contributed by atoms with van der Waals surface area (Å²) in [5, 5.41) is 9.29. The first kappa shape index (κ1) is 12.7. The number of rotatable bonds is 2. The van der Waals surface area contributed by atoms with Crippen molar-refractivity contribution >= 4 is 5.97 Å². The zero-order valence-corrected chi connectivity index (χ0v) is 11.3. The monoisotopic (exact) mass is 268 g/mol. The average Bonchev–Trinajstić information content (AvgIpc) is 2.47. The van der Waals surface area contributed by atoms with E-state index in [2.05, 4.69) is 6.07 Å². The Hall–Kier alpha value is -2.29. The van der Waals surface area contributed by atoms with Gasteiger partial charge in [-0.05, 0) is 37.0 Å². The van der Waals surface area contributed by atoms with Crippen LogP contribution in [-0.2, 0) is 6.42 Å². The number of fused-ring (bicyclic) bond motifs is 1. The zero-order valence-electron chi connectivity index (χ0n) is 11.3. The van der Waals surface area contributed by atoms with E-state index < -0.39 is 5.97 Å². The SMILES string of the molecule is Cc1cccc2c1OC(c1ccccc1C(=O)O)CC2. The summed E-state index contributed by atoms with van der Waals surface area (Å²) in [5.74, 6) is 0.00345. The van der Waals surface area contributed by atoms with Gasteiger partial charge in [0.1, 0.15) is 11.9 Å². The van der Waals surface area contributed by atoms with Crippen molar-refractivity contribution in [2.75, 3.05) is 0 Å². The Morgan fingerprint density at radius 1 is 1.20 bits per heavy atom. The lowest BCUT2D eigenvalue weighted by Crippen LogP contribution is -2.18. The Balaban J connectivity index is 1.99. The van der Waals surface area contributed by atoms with Gasteiger partial charge >= 0.3 is 5.97 Å². The normalized spacial score (nSPS) is 17.1. The molecule has 0 bridgehead atoms. The van der Waals surface area contributed by atoms with E-state index in [1.165, 1.54) is 5.56 Å². The van der Waals surface area contributed by atoms with Gasteiger partial charge in [0.2, 0.25) is 0 Å². The Morgan fingerprint density at radius 2 is 2.00 bits per heavy atom. The number of hydrogen-bond acceptors (Lipinski definition) is 2. The fraction of sp³-hybridized carbons (Fsp3) is 0.235. The van der Waals surface area contributed by atoms with Crippen LogP contribution in [0.15, 0.2) is 42.5 Å². The maximum atomic E-state index is 11.3. The van der Waals surface area contributed by atoms with E-state index >= 15 is 0 Å². The third kappa shape index (κ3) is 2.16. The number of benzene rings is 2. The molecule has 0 aromatic heterocycles. The molecule has 1 heterocycles. The molecule has 3 heteroatoms. The number of carboxylic acid groups (broad SMARTS) is 1. The molecule has 1 atom stereocenters. The minimum Gasteiger partial charge on any atom is -0.485 e. The smallest absolute Gasteiger partial charge is 0.336 e. The zero-order chi connectivity index (χ0) is 14.1. The maximum Gasteiger partial charge on any atom is 0.336 e. The highest BCUT2D eigenvalue weighted by molar-refractivity contribution is 5.89. The molecule has 1 aliphatic rings. The third-order valence-corrected chi connectivity index (χ3v) is 3.77. The van der Waals surface area contributed by atoms with E-state index in [1.54, 1.807) is 12.1 Å². The topological polar surface area (TPSA) is 46.5 Å². The highest BCUT2D eigenvalue weighted by atomic mass is 16.5. The number of aryl methyl sites for hydroxylation is 2. The van der Waals surface area contributed by atoms with Gasteiger partial charge in [-0.25, -0.2) is 4.79 Å². The molecule has 0 spiro atoms. The molecular formula is C17H16O3. The van der Waals surface area contributed by atoms with E-state index in [1.807, 2.05) is 31.2 Å². The first-order chi connectivity index (χ1) is 9.66. The summed E-state index contributed by atoms with van der Waals surface area (Å²) in [6.07, 6.45) is 1.53. The van der Waals surface area contributed by atoms with Crippen molar-refractivity contribution in [3.05, 3.63) is 64.7 Å². The molecule has 1 aliphatic heterocycles. The van der Waals surface area contributed by atoms with Crippen molar-refractivity contribution in [1.82, 2.24) is 0 Å². The molecule has 3 rings (SSSR count). The van der Waals surface area contributed by atoms with Crippen LogP contribution in [-0.4, -0.2) is 11.1 Å². The molecule has 1 N–H and O–H groups in total. The van der Waals surface area contributed by atoms with Crippen molar-refractivity contribution in [3.63, 3.8) is 0 Å². The lowest BCUT2D eigenvalue weighted by molar-refractivity contribution is 0.0689. The summed E-state index contributed by atoms with van der Waals surface area (Å²) in [5.41, 5.74) is 3.39. The van der Waals surface area contributed by atoms with Crippen LogP contribution in [0.2, 0.25) is 0 Å². The molecule has 102 valence electrons. The summed E-state index contributed by atoms with van der Waals surface area (Å²) in [7, 11) is 0. The van der Waals surface area contributed by atoms with Gasteiger partial charge < -0.3 is 9.84 Å². The van der Waals surface area contributed by atoms with Crippen LogP contribution in [0.25, 0.3) is 0 Å². The van der Waals surface area contributed by atoms with Crippen LogP contribution in [0.3, 0.4) is 0 Å². The maximum absolute atomic E-state index is 11.3. The molecule has 0 aliphatic carbocycles. The third-order valence-electron chi connectivity index (χ3n) is 3.77. The lowest BCUT2D eigenvalue weighted by atomic mass is 9.93. The molecule has 2 aromatic carbocycles. The second-order valence-electron chi connectivity index (χ2n) is 5.10. The first-order valence-electron chi connectivity index (χ1n) is 6.74. The summed E-state index contributed by atoms with van der Waals surface area (Å²) in [6.45, 7) is 2.02. The number of aromatic carboxylic acids is 1. The second kappa shape index (κ2) is 5.00. The van der Waals surface area contributed by atoms with Crippen LogP contribution in [0.1, 0.15) is 39.6 Å². The number of para-hydroxylation sites is 1. The first-order valence-corrected chi connectivity index (χ1v) is 6.74. The Kier molecular flexibility index (Phi) is 3.18. The molecule has 0 saturated heterocycles. The molecule has 1 unspecified atom stereocenters. The molecule has 0 saturated carbocycles. The highest BCUT2D eigenvalue weighted by Crippen LogP contribution is 2.37. The van der Waals surface area contributed by atoms with Gasteiger partial charge in [-0.3, -0.25) is 0 Å². The summed E-state index contributed by atoms with van der Waals surface area (Å²) >= 11 is 0. The van der Waals surface area contributed by atoms with E-state index in [4.69, 9.17) is 4.74 Å². The summed E-state index contributed by atoms with van der Waals surface area (Å²) in [6, 6.07) is 13.2. The molecule has 3 nitrogen and oxygen atoms in total. The number of hydrogen-bond donors (Lipinski definition) is 1. The number of carboxylic acids is 1. The molecule has 2 aromatic rings. The Bertz CT molecular complexity index is 661. The van der Waals surface area contributed by atoms with Gasteiger partial charge in [0.05, 0.1) is 5.56 Å². The van der Waals surface area contributed by atoms with E-state index in [-0.39, 0.29) is 6.10 Å². The van der Waals surface area contributed by atoms with Crippen LogP contribution in [0, 0.1) is 6.92 Å². The molecule has 20 heavy (non-hydrogen) atoms. The Morgan fingerprint density at radius 3 is 2.80 bits per heavy atom. The van der Waals surface area contributed by atoms with Crippen LogP contribution in [0.4, 0.5) is 0 Å². The second-order valence-corrected chi connectivity index (χ2v) is 5.10.